The molecule has 0 bridgehead atoms. The van der Waals surface area contributed by atoms with Crippen LogP contribution >= 0.6 is 0 Å². The number of hydrogen-bond donors (Lipinski definition) is 0. The van der Waals surface area contributed by atoms with Crippen molar-refractivity contribution in [3.8, 4) is 11.1 Å². The SMILES string of the molecule is Cc1cc(-c2cn(Cc3ccccc3)c3ccccc23)cnc1F. The fraction of sp³-hybridized carbons (Fsp3) is 0.0952. The summed E-state index contributed by atoms with van der Waals surface area (Å²) in [5.74, 6) is -0.410. The van der Waals surface area contributed by atoms with E-state index in [9.17, 15) is 4.39 Å². The number of para-hydroxylation sites is 1. The van der Waals surface area contributed by atoms with Crippen LogP contribution in [0.5, 0.6) is 0 Å². The molecule has 0 aliphatic carbocycles. The average Bonchev–Trinajstić information content (AvgIpc) is 2.97. The number of halogens is 1. The van der Waals surface area contributed by atoms with E-state index in [0.717, 1.165) is 23.1 Å². The van der Waals surface area contributed by atoms with Gasteiger partial charge < -0.3 is 4.57 Å². The lowest BCUT2D eigenvalue weighted by Gasteiger charge is -2.05. The van der Waals surface area contributed by atoms with E-state index in [1.165, 1.54) is 11.1 Å². The Balaban J connectivity index is 1.86. The molecule has 0 radical (unpaired) electrons. The molecule has 0 N–H and O–H groups in total. The molecule has 2 nitrogen and oxygen atoms in total. The summed E-state index contributed by atoms with van der Waals surface area (Å²) >= 11 is 0. The number of rotatable bonds is 3. The maximum absolute atomic E-state index is 13.5. The van der Waals surface area contributed by atoms with E-state index in [-0.39, 0.29) is 0 Å². The zero-order chi connectivity index (χ0) is 16.5. The van der Waals surface area contributed by atoms with Crippen molar-refractivity contribution in [2.24, 2.45) is 0 Å². The van der Waals surface area contributed by atoms with Crippen molar-refractivity contribution in [1.82, 2.24) is 9.55 Å². The molecule has 0 atom stereocenters. The number of pyridine rings is 1. The van der Waals surface area contributed by atoms with Gasteiger partial charge in [-0.15, -0.1) is 0 Å². The van der Waals surface area contributed by atoms with Crippen LogP contribution < -0.4 is 0 Å². The quantitative estimate of drug-likeness (QED) is 0.475. The predicted octanol–water partition coefficient (Wildman–Crippen LogP) is 5.20. The minimum Gasteiger partial charge on any atom is -0.342 e. The summed E-state index contributed by atoms with van der Waals surface area (Å²) in [5, 5.41) is 1.15. The Morgan fingerprint density at radius 2 is 1.75 bits per heavy atom. The third kappa shape index (κ3) is 2.58. The highest BCUT2D eigenvalue weighted by atomic mass is 19.1. The lowest BCUT2D eigenvalue weighted by atomic mass is 10.1. The van der Waals surface area contributed by atoms with E-state index in [0.29, 0.717) is 5.56 Å². The van der Waals surface area contributed by atoms with Crippen LogP contribution in [0.25, 0.3) is 22.0 Å². The molecule has 0 saturated heterocycles. The molecule has 0 aliphatic rings. The highest BCUT2D eigenvalue weighted by molar-refractivity contribution is 5.96. The molecule has 3 heteroatoms. The summed E-state index contributed by atoms with van der Waals surface area (Å²) in [4.78, 5) is 3.88. The zero-order valence-electron chi connectivity index (χ0n) is 13.4. The maximum Gasteiger partial charge on any atom is 0.215 e. The van der Waals surface area contributed by atoms with Crippen molar-refractivity contribution in [2.75, 3.05) is 0 Å². The standard InChI is InChI=1S/C21H17FN2/c1-15-11-17(12-23-21(15)22)19-14-24(13-16-7-3-2-4-8-16)20-10-6-5-9-18(19)20/h2-12,14H,13H2,1H3. The Labute approximate surface area is 140 Å². The Kier molecular flexibility index (Phi) is 3.62. The monoisotopic (exact) mass is 316 g/mol. The summed E-state index contributed by atoms with van der Waals surface area (Å²) in [7, 11) is 0. The number of hydrogen-bond acceptors (Lipinski definition) is 1. The lowest BCUT2D eigenvalue weighted by molar-refractivity contribution is 0.575. The second-order valence-corrected chi connectivity index (χ2v) is 6.01. The van der Waals surface area contributed by atoms with Gasteiger partial charge in [0.25, 0.3) is 0 Å². The highest BCUT2D eigenvalue weighted by Crippen LogP contribution is 2.31. The first-order valence-electron chi connectivity index (χ1n) is 7.97. The van der Waals surface area contributed by atoms with E-state index in [2.05, 4.69) is 52.1 Å². The van der Waals surface area contributed by atoms with Gasteiger partial charge >= 0.3 is 0 Å². The van der Waals surface area contributed by atoms with Gasteiger partial charge in [-0.3, -0.25) is 0 Å². The molecule has 0 unspecified atom stereocenters. The highest BCUT2D eigenvalue weighted by Gasteiger charge is 2.12. The first kappa shape index (κ1) is 14.6. The number of fused-ring (bicyclic) bond motifs is 1. The van der Waals surface area contributed by atoms with Crippen LogP contribution in [0.1, 0.15) is 11.1 Å². The number of aromatic nitrogens is 2. The van der Waals surface area contributed by atoms with Crippen LogP contribution in [-0.4, -0.2) is 9.55 Å². The molecule has 24 heavy (non-hydrogen) atoms. The van der Waals surface area contributed by atoms with Crippen LogP contribution in [0.3, 0.4) is 0 Å². The van der Waals surface area contributed by atoms with Gasteiger partial charge in [0.1, 0.15) is 0 Å². The fourth-order valence-electron chi connectivity index (χ4n) is 3.09. The Bertz CT molecular complexity index is 1000. The number of benzene rings is 2. The molecule has 0 fully saturated rings. The molecule has 2 aromatic heterocycles. The Morgan fingerprint density at radius 1 is 1.00 bits per heavy atom. The second-order valence-electron chi connectivity index (χ2n) is 6.01. The van der Waals surface area contributed by atoms with Gasteiger partial charge in [0.2, 0.25) is 5.95 Å². The minimum absolute atomic E-state index is 0.410. The second kappa shape index (κ2) is 5.93. The van der Waals surface area contributed by atoms with Gasteiger partial charge in [0.15, 0.2) is 0 Å². The van der Waals surface area contributed by atoms with Crippen molar-refractivity contribution in [2.45, 2.75) is 13.5 Å². The Morgan fingerprint density at radius 3 is 2.54 bits per heavy atom. The van der Waals surface area contributed by atoms with E-state index in [1.807, 2.05) is 24.3 Å². The first-order chi connectivity index (χ1) is 11.7. The van der Waals surface area contributed by atoms with Gasteiger partial charge in [0, 0.05) is 46.5 Å². The van der Waals surface area contributed by atoms with Gasteiger partial charge in [-0.25, -0.2) is 4.98 Å². The summed E-state index contributed by atoms with van der Waals surface area (Å²) in [6.07, 6.45) is 3.74. The minimum atomic E-state index is -0.410. The normalized spacial score (nSPS) is 11.1. The summed E-state index contributed by atoms with van der Waals surface area (Å²) < 4.78 is 15.7. The van der Waals surface area contributed by atoms with Gasteiger partial charge in [-0.2, -0.15) is 4.39 Å². The van der Waals surface area contributed by atoms with Gasteiger partial charge in [-0.05, 0) is 24.6 Å². The smallest absolute Gasteiger partial charge is 0.215 e. The third-order valence-corrected chi connectivity index (χ3v) is 4.31. The van der Waals surface area contributed by atoms with Gasteiger partial charge in [0.05, 0.1) is 0 Å². The molecule has 2 aromatic carbocycles. The van der Waals surface area contributed by atoms with E-state index in [1.54, 1.807) is 13.1 Å². The van der Waals surface area contributed by atoms with Gasteiger partial charge in [-0.1, -0.05) is 48.5 Å². The molecule has 0 saturated carbocycles. The zero-order valence-corrected chi connectivity index (χ0v) is 13.4. The average molecular weight is 316 g/mol. The summed E-state index contributed by atoms with van der Waals surface area (Å²) in [6.45, 7) is 2.55. The number of nitrogens with zero attached hydrogens (tertiary/aromatic N) is 2. The maximum atomic E-state index is 13.5. The molecule has 4 rings (SSSR count). The van der Waals surface area contributed by atoms with E-state index < -0.39 is 5.95 Å². The lowest BCUT2D eigenvalue weighted by Crippen LogP contribution is -1.97. The molecular formula is C21H17FN2. The van der Waals surface area contributed by atoms with Crippen molar-refractivity contribution in [3.63, 3.8) is 0 Å². The molecule has 4 aromatic rings. The van der Waals surface area contributed by atoms with E-state index >= 15 is 0 Å². The van der Waals surface area contributed by atoms with Crippen LogP contribution in [-0.2, 0) is 6.54 Å². The first-order valence-corrected chi connectivity index (χ1v) is 7.97. The molecular weight excluding hydrogens is 299 g/mol. The topological polar surface area (TPSA) is 17.8 Å². The van der Waals surface area contributed by atoms with Crippen LogP contribution in [0.4, 0.5) is 4.39 Å². The van der Waals surface area contributed by atoms with E-state index in [4.69, 9.17) is 0 Å². The summed E-state index contributed by atoms with van der Waals surface area (Å²) in [6, 6.07) is 20.5. The third-order valence-electron chi connectivity index (χ3n) is 4.31. The van der Waals surface area contributed by atoms with Crippen molar-refractivity contribution in [1.29, 1.82) is 0 Å². The number of aryl methyl sites for hydroxylation is 1. The summed E-state index contributed by atoms with van der Waals surface area (Å²) in [5.41, 5.74) is 5.00. The fourth-order valence-corrected chi connectivity index (χ4v) is 3.09. The van der Waals surface area contributed by atoms with Crippen molar-refractivity contribution in [3.05, 3.63) is 90.1 Å². The largest absolute Gasteiger partial charge is 0.342 e. The Hall–Kier alpha value is -2.94. The molecule has 0 spiro atoms. The molecule has 118 valence electrons. The molecule has 0 aliphatic heterocycles. The van der Waals surface area contributed by atoms with Crippen LogP contribution in [0.15, 0.2) is 73.1 Å². The van der Waals surface area contributed by atoms with Crippen molar-refractivity contribution < 1.29 is 4.39 Å². The molecule has 2 heterocycles. The van der Waals surface area contributed by atoms with Crippen LogP contribution in [0, 0.1) is 12.9 Å². The molecule has 0 amide bonds. The van der Waals surface area contributed by atoms with Crippen molar-refractivity contribution >= 4 is 10.9 Å². The van der Waals surface area contributed by atoms with Crippen LogP contribution in [0.2, 0.25) is 0 Å². The predicted molar refractivity (Wildman–Crippen MR) is 95.4 cm³/mol.